The lowest BCUT2D eigenvalue weighted by Crippen LogP contribution is -2.51. The maximum atomic E-state index is 9.45. The van der Waals surface area contributed by atoms with Crippen molar-refractivity contribution in [2.45, 2.75) is 6.04 Å². The summed E-state index contributed by atoms with van der Waals surface area (Å²) < 4.78 is 5.69. The van der Waals surface area contributed by atoms with Crippen LogP contribution >= 0.6 is 11.6 Å². The standard InChI is InChI=1S/C13H19ClN2O2/c14-12-3-1-2-4-13(12)18-10-11(9-17)16-7-5-15-6-8-16/h1-4,11,15,17H,5-10H2. The highest BCUT2D eigenvalue weighted by atomic mass is 35.5. The molecular formula is C13H19ClN2O2. The minimum Gasteiger partial charge on any atom is -0.490 e. The minimum atomic E-state index is 0.0309. The first kappa shape index (κ1) is 13.6. The van der Waals surface area contributed by atoms with Crippen LogP contribution in [0.1, 0.15) is 0 Å². The van der Waals surface area contributed by atoms with E-state index in [9.17, 15) is 5.11 Å². The second-order valence-corrected chi connectivity index (χ2v) is 4.77. The molecule has 2 rings (SSSR count). The van der Waals surface area contributed by atoms with E-state index in [1.165, 1.54) is 0 Å². The van der Waals surface area contributed by atoms with Crippen molar-refractivity contribution in [1.29, 1.82) is 0 Å². The van der Waals surface area contributed by atoms with E-state index >= 15 is 0 Å². The zero-order chi connectivity index (χ0) is 12.8. The van der Waals surface area contributed by atoms with Crippen LogP contribution in [0.25, 0.3) is 0 Å². The quantitative estimate of drug-likeness (QED) is 0.838. The van der Waals surface area contributed by atoms with Crippen LogP contribution in [0, 0.1) is 0 Å². The molecule has 4 nitrogen and oxygen atoms in total. The Kier molecular flexibility index (Phi) is 5.26. The molecule has 0 aromatic heterocycles. The van der Waals surface area contributed by atoms with Crippen LogP contribution in [-0.4, -0.2) is 55.4 Å². The van der Waals surface area contributed by atoms with Crippen LogP contribution < -0.4 is 10.1 Å². The van der Waals surface area contributed by atoms with Crippen LogP contribution in [0.4, 0.5) is 0 Å². The Labute approximate surface area is 113 Å². The molecule has 0 aliphatic carbocycles. The van der Waals surface area contributed by atoms with Crippen molar-refractivity contribution in [1.82, 2.24) is 10.2 Å². The van der Waals surface area contributed by atoms with Gasteiger partial charge in [0.25, 0.3) is 0 Å². The van der Waals surface area contributed by atoms with Crippen molar-refractivity contribution in [3.63, 3.8) is 0 Å². The van der Waals surface area contributed by atoms with Gasteiger partial charge in [0.15, 0.2) is 0 Å². The number of rotatable bonds is 5. The van der Waals surface area contributed by atoms with Crippen molar-refractivity contribution in [2.24, 2.45) is 0 Å². The average Bonchev–Trinajstić information content (AvgIpc) is 2.42. The van der Waals surface area contributed by atoms with Crippen molar-refractivity contribution >= 4 is 11.6 Å². The number of aliphatic hydroxyl groups excluding tert-OH is 1. The van der Waals surface area contributed by atoms with Gasteiger partial charge in [-0.2, -0.15) is 0 Å². The molecule has 0 bridgehead atoms. The highest BCUT2D eigenvalue weighted by Gasteiger charge is 2.20. The Bertz CT molecular complexity index is 370. The van der Waals surface area contributed by atoms with Crippen LogP contribution in [0.5, 0.6) is 5.75 Å². The fourth-order valence-corrected chi connectivity index (χ4v) is 2.26. The van der Waals surface area contributed by atoms with Gasteiger partial charge >= 0.3 is 0 Å². The third-order valence-corrected chi connectivity index (χ3v) is 3.46. The number of benzene rings is 1. The molecule has 100 valence electrons. The lowest BCUT2D eigenvalue weighted by Gasteiger charge is -2.33. The van der Waals surface area contributed by atoms with E-state index in [-0.39, 0.29) is 12.6 Å². The minimum absolute atomic E-state index is 0.0309. The number of piperazine rings is 1. The maximum Gasteiger partial charge on any atom is 0.137 e. The molecule has 1 saturated heterocycles. The largest absolute Gasteiger partial charge is 0.490 e. The normalized spacial score (nSPS) is 18.6. The number of aliphatic hydroxyl groups is 1. The van der Waals surface area contributed by atoms with Gasteiger partial charge in [-0.15, -0.1) is 0 Å². The fraction of sp³-hybridized carbons (Fsp3) is 0.538. The van der Waals surface area contributed by atoms with Gasteiger partial charge in [-0.05, 0) is 12.1 Å². The number of hydrogen-bond donors (Lipinski definition) is 2. The first-order valence-electron chi connectivity index (χ1n) is 6.24. The van der Waals surface area contributed by atoms with E-state index in [2.05, 4.69) is 10.2 Å². The Morgan fingerprint density at radius 2 is 2.06 bits per heavy atom. The number of halogens is 1. The number of nitrogens with one attached hydrogen (secondary N) is 1. The second kappa shape index (κ2) is 6.95. The number of ether oxygens (including phenoxy) is 1. The van der Waals surface area contributed by atoms with Gasteiger partial charge in [0, 0.05) is 26.2 Å². The van der Waals surface area contributed by atoms with Gasteiger partial charge in [0.05, 0.1) is 17.7 Å². The third-order valence-electron chi connectivity index (χ3n) is 3.15. The second-order valence-electron chi connectivity index (χ2n) is 4.36. The molecule has 1 aromatic carbocycles. The van der Waals surface area contributed by atoms with Crippen LogP contribution in [0.2, 0.25) is 5.02 Å². The summed E-state index contributed by atoms with van der Waals surface area (Å²) in [6.07, 6.45) is 0. The molecule has 1 aliphatic rings. The molecule has 0 saturated carbocycles. The molecule has 1 heterocycles. The van der Waals surface area contributed by atoms with E-state index in [0.717, 1.165) is 26.2 Å². The van der Waals surface area contributed by atoms with E-state index in [1.807, 2.05) is 18.2 Å². The zero-order valence-electron chi connectivity index (χ0n) is 10.3. The molecule has 1 unspecified atom stereocenters. The average molecular weight is 271 g/mol. The van der Waals surface area contributed by atoms with E-state index in [0.29, 0.717) is 17.4 Å². The predicted octanol–water partition coefficient (Wildman–Crippen LogP) is 0.985. The van der Waals surface area contributed by atoms with Gasteiger partial charge in [-0.25, -0.2) is 0 Å². The first-order valence-corrected chi connectivity index (χ1v) is 6.62. The molecular weight excluding hydrogens is 252 g/mol. The van der Waals surface area contributed by atoms with Crippen molar-refractivity contribution in [3.8, 4) is 5.75 Å². The van der Waals surface area contributed by atoms with E-state index in [1.54, 1.807) is 6.07 Å². The molecule has 5 heteroatoms. The summed E-state index contributed by atoms with van der Waals surface area (Å²) in [5, 5.41) is 13.3. The summed E-state index contributed by atoms with van der Waals surface area (Å²) in [5.74, 6) is 0.674. The molecule has 1 fully saturated rings. The fourth-order valence-electron chi connectivity index (χ4n) is 2.07. The van der Waals surface area contributed by atoms with Crippen molar-refractivity contribution in [2.75, 3.05) is 39.4 Å². The van der Waals surface area contributed by atoms with Gasteiger partial charge < -0.3 is 15.2 Å². The third kappa shape index (κ3) is 3.59. The monoisotopic (exact) mass is 270 g/mol. The van der Waals surface area contributed by atoms with E-state index in [4.69, 9.17) is 16.3 Å². The van der Waals surface area contributed by atoms with Crippen molar-refractivity contribution < 1.29 is 9.84 Å². The van der Waals surface area contributed by atoms with Gasteiger partial charge in [0.2, 0.25) is 0 Å². The Morgan fingerprint density at radius 3 is 2.72 bits per heavy atom. The Balaban J connectivity index is 1.88. The molecule has 2 N–H and O–H groups in total. The summed E-state index contributed by atoms with van der Waals surface area (Å²) >= 11 is 6.03. The van der Waals surface area contributed by atoms with Crippen LogP contribution in [0.15, 0.2) is 24.3 Å². The first-order chi connectivity index (χ1) is 8.81. The lowest BCUT2D eigenvalue weighted by atomic mass is 10.2. The lowest BCUT2D eigenvalue weighted by molar-refractivity contribution is 0.0735. The van der Waals surface area contributed by atoms with Crippen LogP contribution in [0.3, 0.4) is 0 Å². The van der Waals surface area contributed by atoms with Crippen LogP contribution in [-0.2, 0) is 0 Å². The maximum absolute atomic E-state index is 9.45. The van der Waals surface area contributed by atoms with Gasteiger partial charge in [-0.3, -0.25) is 4.90 Å². The molecule has 0 amide bonds. The summed E-state index contributed by atoms with van der Waals surface area (Å²) in [7, 11) is 0. The highest BCUT2D eigenvalue weighted by Crippen LogP contribution is 2.23. The van der Waals surface area contributed by atoms with E-state index < -0.39 is 0 Å². The summed E-state index contributed by atoms with van der Waals surface area (Å²) in [4.78, 5) is 2.24. The number of hydrogen-bond acceptors (Lipinski definition) is 4. The Morgan fingerprint density at radius 1 is 1.33 bits per heavy atom. The summed E-state index contributed by atoms with van der Waals surface area (Å²) in [6, 6.07) is 7.43. The smallest absolute Gasteiger partial charge is 0.137 e. The molecule has 1 aliphatic heterocycles. The topological polar surface area (TPSA) is 44.7 Å². The number of para-hydroxylation sites is 1. The summed E-state index contributed by atoms with van der Waals surface area (Å²) in [5.41, 5.74) is 0. The molecule has 1 atom stereocenters. The molecule has 0 spiro atoms. The molecule has 0 radical (unpaired) electrons. The van der Waals surface area contributed by atoms with Gasteiger partial charge in [0.1, 0.15) is 12.4 Å². The Hall–Kier alpha value is -0.810. The number of nitrogens with zero attached hydrogens (tertiary/aromatic N) is 1. The highest BCUT2D eigenvalue weighted by molar-refractivity contribution is 6.32. The zero-order valence-corrected chi connectivity index (χ0v) is 11.1. The SMILES string of the molecule is OCC(COc1ccccc1Cl)N1CCNCC1. The molecule has 1 aromatic rings. The van der Waals surface area contributed by atoms with Gasteiger partial charge in [-0.1, -0.05) is 23.7 Å². The van der Waals surface area contributed by atoms with Crippen molar-refractivity contribution in [3.05, 3.63) is 29.3 Å². The summed E-state index contributed by atoms with van der Waals surface area (Å²) in [6.45, 7) is 4.37. The molecule has 18 heavy (non-hydrogen) atoms. The predicted molar refractivity (Wildman–Crippen MR) is 72.3 cm³/mol.